The summed E-state index contributed by atoms with van der Waals surface area (Å²) in [6.45, 7) is 4.41. The molecule has 3 nitrogen and oxygen atoms in total. The molecule has 1 aromatic carbocycles. The zero-order chi connectivity index (χ0) is 13.9. The summed E-state index contributed by atoms with van der Waals surface area (Å²) in [6, 6.07) is 10.3. The molecule has 3 rings (SSSR count). The van der Waals surface area contributed by atoms with E-state index in [9.17, 15) is 0 Å². The third kappa shape index (κ3) is 2.78. The van der Waals surface area contributed by atoms with Crippen molar-refractivity contribution in [3.8, 4) is 0 Å². The minimum Gasteiger partial charge on any atom is -0.333 e. The Labute approximate surface area is 121 Å². The van der Waals surface area contributed by atoms with Gasteiger partial charge in [-0.25, -0.2) is 4.98 Å². The van der Waals surface area contributed by atoms with Gasteiger partial charge in [0.2, 0.25) is 0 Å². The van der Waals surface area contributed by atoms with Crippen LogP contribution in [0.2, 0.25) is 0 Å². The first-order valence-electron chi connectivity index (χ1n) is 7.54. The third-order valence-corrected chi connectivity index (χ3v) is 4.39. The van der Waals surface area contributed by atoms with Crippen molar-refractivity contribution in [2.45, 2.75) is 51.2 Å². The van der Waals surface area contributed by atoms with Crippen LogP contribution in [-0.4, -0.2) is 15.6 Å². The van der Waals surface area contributed by atoms with E-state index in [1.807, 2.05) is 12.5 Å². The number of hydrogen-bond acceptors (Lipinski definition) is 2. The van der Waals surface area contributed by atoms with Crippen LogP contribution in [0, 0.1) is 6.92 Å². The maximum atomic E-state index is 4.19. The van der Waals surface area contributed by atoms with Gasteiger partial charge in [0.25, 0.3) is 0 Å². The van der Waals surface area contributed by atoms with Crippen LogP contribution in [0.3, 0.4) is 0 Å². The van der Waals surface area contributed by atoms with Crippen molar-refractivity contribution in [2.24, 2.45) is 0 Å². The number of rotatable bonds is 4. The van der Waals surface area contributed by atoms with Gasteiger partial charge in [0.1, 0.15) is 0 Å². The zero-order valence-corrected chi connectivity index (χ0v) is 12.3. The molecule has 1 N–H and O–H groups in total. The molecule has 1 saturated carbocycles. The molecule has 3 heteroatoms. The SMILES string of the molecule is Cc1cccc(C(C)NC2CCCC2n2ccnc2)c1. The Morgan fingerprint density at radius 1 is 1.35 bits per heavy atom. The first-order valence-corrected chi connectivity index (χ1v) is 7.54. The largest absolute Gasteiger partial charge is 0.333 e. The zero-order valence-electron chi connectivity index (χ0n) is 12.3. The van der Waals surface area contributed by atoms with Crippen LogP contribution in [-0.2, 0) is 0 Å². The highest BCUT2D eigenvalue weighted by molar-refractivity contribution is 5.24. The van der Waals surface area contributed by atoms with Gasteiger partial charge in [-0.1, -0.05) is 29.8 Å². The highest BCUT2D eigenvalue weighted by atomic mass is 15.1. The quantitative estimate of drug-likeness (QED) is 0.918. The number of imidazole rings is 1. The van der Waals surface area contributed by atoms with Gasteiger partial charge >= 0.3 is 0 Å². The van der Waals surface area contributed by atoms with Gasteiger partial charge in [0, 0.05) is 30.5 Å². The van der Waals surface area contributed by atoms with Crippen molar-refractivity contribution in [3.63, 3.8) is 0 Å². The van der Waals surface area contributed by atoms with Crippen molar-refractivity contribution in [1.82, 2.24) is 14.9 Å². The summed E-state index contributed by atoms with van der Waals surface area (Å²) in [6.07, 6.45) is 9.69. The molecule has 1 aliphatic carbocycles. The first kappa shape index (κ1) is 13.4. The van der Waals surface area contributed by atoms with Crippen LogP contribution >= 0.6 is 0 Å². The summed E-state index contributed by atoms with van der Waals surface area (Å²) in [7, 11) is 0. The molecule has 20 heavy (non-hydrogen) atoms. The average molecular weight is 269 g/mol. The summed E-state index contributed by atoms with van der Waals surface area (Å²) in [5, 5.41) is 3.81. The number of hydrogen-bond donors (Lipinski definition) is 1. The lowest BCUT2D eigenvalue weighted by atomic mass is 10.0. The summed E-state index contributed by atoms with van der Waals surface area (Å²) < 4.78 is 2.26. The topological polar surface area (TPSA) is 29.9 Å². The van der Waals surface area contributed by atoms with Crippen LogP contribution in [0.1, 0.15) is 49.4 Å². The summed E-state index contributed by atoms with van der Waals surface area (Å²) >= 11 is 0. The molecular formula is C17H23N3. The van der Waals surface area contributed by atoms with E-state index < -0.39 is 0 Å². The van der Waals surface area contributed by atoms with E-state index >= 15 is 0 Å². The van der Waals surface area contributed by atoms with Crippen molar-refractivity contribution in [3.05, 3.63) is 54.1 Å². The number of aryl methyl sites for hydroxylation is 1. The molecule has 0 saturated heterocycles. The summed E-state index contributed by atoms with van der Waals surface area (Å²) in [5.74, 6) is 0. The van der Waals surface area contributed by atoms with Gasteiger partial charge in [-0.3, -0.25) is 0 Å². The van der Waals surface area contributed by atoms with Gasteiger partial charge < -0.3 is 9.88 Å². The Kier molecular flexibility index (Phi) is 3.88. The highest BCUT2D eigenvalue weighted by Gasteiger charge is 2.29. The van der Waals surface area contributed by atoms with Crippen molar-refractivity contribution >= 4 is 0 Å². The summed E-state index contributed by atoms with van der Waals surface area (Å²) in [5.41, 5.74) is 2.70. The molecule has 1 heterocycles. The predicted octanol–water partition coefficient (Wildman–Crippen LogP) is 3.64. The molecule has 2 aromatic rings. The lowest BCUT2D eigenvalue weighted by Crippen LogP contribution is -2.35. The Bertz CT molecular complexity index is 547. The fourth-order valence-corrected chi connectivity index (χ4v) is 3.31. The summed E-state index contributed by atoms with van der Waals surface area (Å²) in [4.78, 5) is 4.19. The highest BCUT2D eigenvalue weighted by Crippen LogP contribution is 2.31. The van der Waals surface area contributed by atoms with E-state index in [0.717, 1.165) is 0 Å². The van der Waals surface area contributed by atoms with E-state index in [0.29, 0.717) is 18.1 Å². The maximum Gasteiger partial charge on any atom is 0.0949 e. The molecule has 1 aromatic heterocycles. The van der Waals surface area contributed by atoms with Crippen LogP contribution in [0.25, 0.3) is 0 Å². The molecule has 1 aliphatic rings. The normalized spacial score (nSPS) is 23.9. The minimum absolute atomic E-state index is 0.393. The van der Waals surface area contributed by atoms with E-state index in [1.54, 1.807) is 0 Å². The Morgan fingerprint density at radius 2 is 2.25 bits per heavy atom. The second-order valence-electron chi connectivity index (χ2n) is 5.92. The minimum atomic E-state index is 0.393. The predicted molar refractivity (Wildman–Crippen MR) is 81.6 cm³/mol. The van der Waals surface area contributed by atoms with E-state index in [1.165, 1.54) is 30.4 Å². The standard InChI is InChI=1S/C17H23N3/c1-13-5-3-6-15(11-13)14(2)19-16-7-4-8-17(16)20-10-9-18-12-20/h3,5-6,9-12,14,16-17,19H,4,7-8H2,1-2H3. The molecule has 0 spiro atoms. The maximum absolute atomic E-state index is 4.19. The Hall–Kier alpha value is -1.61. The molecule has 3 unspecified atom stereocenters. The Morgan fingerprint density at radius 3 is 3.00 bits per heavy atom. The van der Waals surface area contributed by atoms with Crippen LogP contribution in [0.4, 0.5) is 0 Å². The van der Waals surface area contributed by atoms with Gasteiger partial charge in [-0.15, -0.1) is 0 Å². The second-order valence-corrected chi connectivity index (χ2v) is 5.92. The van der Waals surface area contributed by atoms with Crippen LogP contribution < -0.4 is 5.32 Å². The lowest BCUT2D eigenvalue weighted by Gasteiger charge is -2.26. The molecule has 0 aliphatic heterocycles. The molecule has 3 atom stereocenters. The molecular weight excluding hydrogens is 246 g/mol. The molecule has 1 fully saturated rings. The molecule has 0 bridgehead atoms. The van der Waals surface area contributed by atoms with Crippen molar-refractivity contribution in [1.29, 1.82) is 0 Å². The van der Waals surface area contributed by atoms with Crippen molar-refractivity contribution < 1.29 is 0 Å². The van der Waals surface area contributed by atoms with Gasteiger partial charge in [-0.05, 0) is 38.7 Å². The number of benzene rings is 1. The fraction of sp³-hybridized carbons (Fsp3) is 0.471. The van der Waals surface area contributed by atoms with Crippen LogP contribution in [0.15, 0.2) is 43.0 Å². The number of nitrogens with one attached hydrogen (secondary N) is 1. The van der Waals surface area contributed by atoms with Crippen molar-refractivity contribution in [2.75, 3.05) is 0 Å². The third-order valence-electron chi connectivity index (χ3n) is 4.39. The van der Waals surface area contributed by atoms with Gasteiger partial charge in [-0.2, -0.15) is 0 Å². The van der Waals surface area contributed by atoms with E-state index in [-0.39, 0.29) is 0 Å². The van der Waals surface area contributed by atoms with E-state index in [4.69, 9.17) is 0 Å². The smallest absolute Gasteiger partial charge is 0.0949 e. The molecule has 0 amide bonds. The number of aromatic nitrogens is 2. The monoisotopic (exact) mass is 269 g/mol. The Balaban J connectivity index is 1.70. The lowest BCUT2D eigenvalue weighted by molar-refractivity contribution is 0.362. The average Bonchev–Trinajstić information content (AvgIpc) is 3.08. The van der Waals surface area contributed by atoms with Gasteiger partial charge in [0.15, 0.2) is 0 Å². The molecule has 0 radical (unpaired) electrons. The fourth-order valence-electron chi connectivity index (χ4n) is 3.31. The second kappa shape index (κ2) is 5.80. The van der Waals surface area contributed by atoms with Gasteiger partial charge in [0.05, 0.1) is 6.33 Å². The van der Waals surface area contributed by atoms with E-state index in [2.05, 4.69) is 59.2 Å². The van der Waals surface area contributed by atoms with Crippen LogP contribution in [0.5, 0.6) is 0 Å². The molecule has 106 valence electrons. The first-order chi connectivity index (χ1) is 9.74. The number of nitrogens with zero attached hydrogens (tertiary/aromatic N) is 2.